The monoisotopic (exact) mass is 253 g/mol. The van der Waals surface area contributed by atoms with Gasteiger partial charge in [0.25, 0.3) is 0 Å². The fourth-order valence-electron chi connectivity index (χ4n) is 2.01. The van der Waals surface area contributed by atoms with Gasteiger partial charge < -0.3 is 11.1 Å². The maximum Gasteiger partial charge on any atom is 0.125 e. The summed E-state index contributed by atoms with van der Waals surface area (Å²) in [7, 11) is 0. The van der Waals surface area contributed by atoms with Gasteiger partial charge in [0.2, 0.25) is 0 Å². The molecule has 19 heavy (non-hydrogen) atoms. The minimum Gasteiger partial charge on any atom is -0.397 e. The quantitative estimate of drug-likeness (QED) is 0.685. The number of halogens is 1. The molecule has 3 aromatic rings. The standard InChI is InChI=1S/C15H12FN3/c16-11-4-5-15(13(17)8-11)19-14-3-1-2-10-6-7-18-9-12(10)14/h1-9,19H,17H2. The lowest BCUT2D eigenvalue weighted by Gasteiger charge is -2.11. The molecule has 3 nitrogen and oxygen atoms in total. The number of benzene rings is 2. The minimum absolute atomic E-state index is 0.345. The molecule has 0 aliphatic carbocycles. The molecule has 0 bridgehead atoms. The predicted octanol–water partition coefficient (Wildman–Crippen LogP) is 3.70. The highest BCUT2D eigenvalue weighted by molar-refractivity contribution is 5.95. The van der Waals surface area contributed by atoms with Gasteiger partial charge in [-0.2, -0.15) is 0 Å². The number of fused-ring (bicyclic) bond motifs is 1. The number of aromatic nitrogens is 1. The van der Waals surface area contributed by atoms with Crippen LogP contribution < -0.4 is 11.1 Å². The van der Waals surface area contributed by atoms with E-state index in [1.807, 2.05) is 24.3 Å². The van der Waals surface area contributed by atoms with Gasteiger partial charge in [0.05, 0.1) is 11.4 Å². The van der Waals surface area contributed by atoms with Crippen LogP contribution in [0.5, 0.6) is 0 Å². The van der Waals surface area contributed by atoms with Gasteiger partial charge in [-0.05, 0) is 35.7 Å². The molecular formula is C15H12FN3. The SMILES string of the molecule is Nc1cc(F)ccc1Nc1cccc2ccncc12. The molecule has 0 aliphatic heterocycles. The summed E-state index contributed by atoms with van der Waals surface area (Å²) in [6.07, 6.45) is 3.54. The summed E-state index contributed by atoms with van der Waals surface area (Å²) >= 11 is 0. The first-order valence-corrected chi connectivity index (χ1v) is 5.89. The lowest BCUT2D eigenvalue weighted by atomic mass is 10.1. The Morgan fingerprint density at radius 2 is 1.95 bits per heavy atom. The van der Waals surface area contributed by atoms with E-state index in [2.05, 4.69) is 10.3 Å². The van der Waals surface area contributed by atoms with Gasteiger partial charge in [-0.1, -0.05) is 12.1 Å². The summed E-state index contributed by atoms with van der Waals surface area (Å²) in [6.45, 7) is 0. The summed E-state index contributed by atoms with van der Waals surface area (Å²) in [5, 5.41) is 5.29. The van der Waals surface area contributed by atoms with E-state index in [1.165, 1.54) is 12.1 Å². The van der Waals surface area contributed by atoms with E-state index in [0.29, 0.717) is 11.4 Å². The van der Waals surface area contributed by atoms with Crippen LogP contribution in [0.15, 0.2) is 54.9 Å². The van der Waals surface area contributed by atoms with Crippen LogP contribution in [0.4, 0.5) is 21.5 Å². The van der Waals surface area contributed by atoms with Crippen molar-refractivity contribution in [1.82, 2.24) is 4.98 Å². The molecule has 1 aromatic heterocycles. The smallest absolute Gasteiger partial charge is 0.125 e. The van der Waals surface area contributed by atoms with Crippen LogP contribution >= 0.6 is 0 Å². The lowest BCUT2D eigenvalue weighted by molar-refractivity contribution is 0.628. The molecule has 0 aliphatic rings. The Kier molecular flexibility index (Phi) is 2.76. The van der Waals surface area contributed by atoms with E-state index >= 15 is 0 Å². The molecule has 1 heterocycles. The van der Waals surface area contributed by atoms with E-state index in [4.69, 9.17) is 5.73 Å². The predicted molar refractivity (Wildman–Crippen MR) is 75.8 cm³/mol. The fraction of sp³-hybridized carbons (Fsp3) is 0. The number of nitrogen functional groups attached to an aromatic ring is 1. The fourth-order valence-corrected chi connectivity index (χ4v) is 2.01. The van der Waals surface area contributed by atoms with Crippen LogP contribution in [-0.2, 0) is 0 Å². The van der Waals surface area contributed by atoms with Crippen molar-refractivity contribution in [3.63, 3.8) is 0 Å². The number of anilines is 3. The second kappa shape index (κ2) is 4.57. The molecule has 4 heteroatoms. The molecular weight excluding hydrogens is 241 g/mol. The zero-order valence-corrected chi connectivity index (χ0v) is 10.1. The van der Waals surface area contributed by atoms with Crippen molar-refractivity contribution in [2.75, 3.05) is 11.1 Å². The van der Waals surface area contributed by atoms with Crippen molar-refractivity contribution in [2.45, 2.75) is 0 Å². The van der Waals surface area contributed by atoms with Gasteiger partial charge in [-0.15, -0.1) is 0 Å². The molecule has 0 saturated heterocycles. The first kappa shape index (κ1) is 11.5. The topological polar surface area (TPSA) is 50.9 Å². The van der Waals surface area contributed by atoms with Gasteiger partial charge in [-0.25, -0.2) is 4.39 Å². The highest BCUT2D eigenvalue weighted by atomic mass is 19.1. The maximum absolute atomic E-state index is 13.0. The number of nitrogens with one attached hydrogen (secondary N) is 1. The van der Waals surface area contributed by atoms with Crippen LogP contribution in [0.2, 0.25) is 0 Å². The summed E-state index contributed by atoms with van der Waals surface area (Å²) < 4.78 is 13.0. The molecule has 0 amide bonds. The Balaban J connectivity index is 2.06. The molecule has 94 valence electrons. The number of nitrogens with two attached hydrogens (primary N) is 1. The highest BCUT2D eigenvalue weighted by Crippen LogP contribution is 2.28. The van der Waals surface area contributed by atoms with Gasteiger partial charge in [-0.3, -0.25) is 4.98 Å². The van der Waals surface area contributed by atoms with E-state index in [9.17, 15) is 4.39 Å². The Hall–Kier alpha value is -2.62. The molecule has 0 fully saturated rings. The summed E-state index contributed by atoms with van der Waals surface area (Å²) in [4.78, 5) is 4.12. The molecule has 0 saturated carbocycles. The third kappa shape index (κ3) is 2.20. The summed E-state index contributed by atoms with van der Waals surface area (Å²) in [5.41, 5.74) is 7.74. The van der Waals surface area contributed by atoms with Crippen molar-refractivity contribution in [3.8, 4) is 0 Å². The zero-order chi connectivity index (χ0) is 13.2. The number of pyridine rings is 1. The van der Waals surface area contributed by atoms with Crippen LogP contribution in [0.3, 0.4) is 0 Å². The molecule has 0 unspecified atom stereocenters. The molecule has 0 atom stereocenters. The van der Waals surface area contributed by atoms with E-state index in [-0.39, 0.29) is 5.82 Å². The Labute approximate surface area is 109 Å². The molecule has 0 radical (unpaired) electrons. The summed E-state index contributed by atoms with van der Waals surface area (Å²) in [6, 6.07) is 12.1. The number of rotatable bonds is 2. The molecule has 3 N–H and O–H groups in total. The Bertz CT molecular complexity index is 735. The zero-order valence-electron chi connectivity index (χ0n) is 10.1. The van der Waals surface area contributed by atoms with Crippen LogP contribution in [0.1, 0.15) is 0 Å². The average molecular weight is 253 g/mol. The second-order valence-corrected chi connectivity index (χ2v) is 4.26. The second-order valence-electron chi connectivity index (χ2n) is 4.26. The highest BCUT2D eigenvalue weighted by Gasteiger charge is 2.04. The largest absolute Gasteiger partial charge is 0.397 e. The van der Waals surface area contributed by atoms with Gasteiger partial charge in [0, 0.05) is 23.5 Å². The van der Waals surface area contributed by atoms with Crippen molar-refractivity contribution < 1.29 is 4.39 Å². The van der Waals surface area contributed by atoms with Crippen molar-refractivity contribution in [1.29, 1.82) is 0 Å². The first-order valence-electron chi connectivity index (χ1n) is 5.89. The number of hydrogen-bond donors (Lipinski definition) is 2. The normalized spacial score (nSPS) is 10.6. The van der Waals surface area contributed by atoms with Crippen LogP contribution in [0, 0.1) is 5.82 Å². The van der Waals surface area contributed by atoms with Crippen molar-refractivity contribution >= 4 is 27.8 Å². The maximum atomic E-state index is 13.0. The van der Waals surface area contributed by atoms with Crippen molar-refractivity contribution in [3.05, 3.63) is 60.7 Å². The third-order valence-electron chi connectivity index (χ3n) is 2.97. The van der Waals surface area contributed by atoms with E-state index in [0.717, 1.165) is 16.5 Å². The lowest BCUT2D eigenvalue weighted by Crippen LogP contribution is -1.97. The van der Waals surface area contributed by atoms with Crippen molar-refractivity contribution in [2.24, 2.45) is 0 Å². The van der Waals surface area contributed by atoms with E-state index < -0.39 is 0 Å². The van der Waals surface area contributed by atoms with Gasteiger partial charge in [0.15, 0.2) is 0 Å². The third-order valence-corrected chi connectivity index (χ3v) is 2.97. The van der Waals surface area contributed by atoms with Gasteiger partial charge in [0.1, 0.15) is 5.82 Å². The summed E-state index contributed by atoms with van der Waals surface area (Å²) in [5.74, 6) is -0.345. The van der Waals surface area contributed by atoms with Crippen LogP contribution in [-0.4, -0.2) is 4.98 Å². The van der Waals surface area contributed by atoms with Crippen LogP contribution in [0.25, 0.3) is 10.8 Å². The molecule has 0 spiro atoms. The molecule has 2 aromatic carbocycles. The van der Waals surface area contributed by atoms with E-state index in [1.54, 1.807) is 18.5 Å². The first-order chi connectivity index (χ1) is 9.24. The molecule has 3 rings (SSSR count). The average Bonchev–Trinajstić information content (AvgIpc) is 2.42. The Morgan fingerprint density at radius 3 is 2.79 bits per heavy atom. The number of hydrogen-bond acceptors (Lipinski definition) is 3. The Morgan fingerprint density at radius 1 is 1.05 bits per heavy atom. The van der Waals surface area contributed by atoms with Gasteiger partial charge >= 0.3 is 0 Å². The number of nitrogens with zero attached hydrogens (tertiary/aromatic N) is 1. The minimum atomic E-state index is -0.345.